The predicted molar refractivity (Wildman–Crippen MR) is 67.8 cm³/mol. The molecular weight excluding hydrogens is 250 g/mol. The lowest BCUT2D eigenvalue weighted by atomic mass is 9.63. The van der Waals surface area contributed by atoms with Crippen LogP contribution < -0.4 is 5.32 Å². The van der Waals surface area contributed by atoms with Crippen molar-refractivity contribution in [3.05, 3.63) is 29.8 Å². The van der Waals surface area contributed by atoms with E-state index in [-0.39, 0.29) is 11.0 Å². The maximum Gasteiger partial charge on any atom is 0.297 e. The van der Waals surface area contributed by atoms with E-state index < -0.39 is 10.1 Å². The molecule has 0 amide bonds. The molecule has 2 aliphatic rings. The number of aryl methyl sites for hydroxylation is 1. The summed E-state index contributed by atoms with van der Waals surface area (Å²) in [5.74, 6) is 0. The number of hydrogen-bond donors (Lipinski definition) is 1. The molecule has 3 rings (SSSR count). The standard InChI is InChI=1S/C13H17NO3S/c1-10-2-4-12(5-3-10)18(15,16)17-11-6-13(7-11)8-14-9-13/h2-5,11,14H,6-9H2,1H3. The van der Waals surface area contributed by atoms with Gasteiger partial charge in [-0.05, 0) is 31.9 Å². The van der Waals surface area contributed by atoms with Crippen molar-refractivity contribution >= 4 is 10.1 Å². The summed E-state index contributed by atoms with van der Waals surface area (Å²) in [6, 6.07) is 6.77. The first-order valence-corrected chi connectivity index (χ1v) is 7.61. The van der Waals surface area contributed by atoms with Gasteiger partial charge in [0.05, 0.1) is 11.0 Å². The molecule has 0 bridgehead atoms. The lowest BCUT2D eigenvalue weighted by molar-refractivity contribution is -0.0464. The number of benzene rings is 1. The Labute approximate surface area is 107 Å². The third-order valence-electron chi connectivity index (χ3n) is 3.89. The molecule has 0 atom stereocenters. The molecule has 1 aliphatic carbocycles. The van der Waals surface area contributed by atoms with Crippen molar-refractivity contribution in [2.24, 2.45) is 5.41 Å². The molecule has 1 aliphatic heterocycles. The van der Waals surface area contributed by atoms with E-state index in [1.807, 2.05) is 6.92 Å². The second kappa shape index (κ2) is 4.05. The van der Waals surface area contributed by atoms with Gasteiger partial charge in [0, 0.05) is 18.5 Å². The molecule has 1 aromatic rings. The Hall–Kier alpha value is -0.910. The van der Waals surface area contributed by atoms with Crippen molar-refractivity contribution in [3.63, 3.8) is 0 Å². The van der Waals surface area contributed by atoms with Crippen LogP contribution in [0.25, 0.3) is 0 Å². The summed E-state index contributed by atoms with van der Waals surface area (Å²) in [6.07, 6.45) is 1.56. The summed E-state index contributed by atoms with van der Waals surface area (Å²) in [6.45, 7) is 3.92. The Bertz CT molecular complexity index is 538. The highest BCUT2D eigenvalue weighted by Crippen LogP contribution is 2.46. The Morgan fingerprint density at radius 1 is 1.22 bits per heavy atom. The van der Waals surface area contributed by atoms with Gasteiger partial charge < -0.3 is 5.32 Å². The van der Waals surface area contributed by atoms with Crippen LogP contribution in [0.2, 0.25) is 0 Å². The molecule has 2 fully saturated rings. The molecule has 1 saturated heterocycles. The van der Waals surface area contributed by atoms with E-state index in [9.17, 15) is 8.42 Å². The summed E-state index contributed by atoms with van der Waals surface area (Å²) in [5, 5.41) is 3.22. The van der Waals surface area contributed by atoms with Gasteiger partial charge in [-0.3, -0.25) is 4.18 Å². The van der Waals surface area contributed by atoms with Crippen molar-refractivity contribution in [1.82, 2.24) is 5.32 Å². The van der Waals surface area contributed by atoms with Gasteiger partial charge in [0.25, 0.3) is 10.1 Å². The number of hydrogen-bond acceptors (Lipinski definition) is 4. The van der Waals surface area contributed by atoms with Crippen molar-refractivity contribution < 1.29 is 12.6 Å². The highest BCUT2D eigenvalue weighted by molar-refractivity contribution is 7.86. The van der Waals surface area contributed by atoms with Gasteiger partial charge in [-0.25, -0.2) is 0 Å². The maximum absolute atomic E-state index is 12.0. The third kappa shape index (κ3) is 2.06. The molecule has 1 saturated carbocycles. The Kier molecular flexibility index (Phi) is 2.73. The molecule has 0 radical (unpaired) electrons. The monoisotopic (exact) mass is 267 g/mol. The zero-order valence-electron chi connectivity index (χ0n) is 10.3. The predicted octanol–water partition coefficient (Wildman–Crippen LogP) is 1.45. The van der Waals surface area contributed by atoms with Gasteiger partial charge in [-0.15, -0.1) is 0 Å². The summed E-state index contributed by atoms with van der Waals surface area (Å²) in [4.78, 5) is 0.251. The average molecular weight is 267 g/mol. The first kappa shape index (κ1) is 12.1. The van der Waals surface area contributed by atoms with Crippen LogP contribution in [0.1, 0.15) is 18.4 Å². The highest BCUT2D eigenvalue weighted by atomic mass is 32.2. The Morgan fingerprint density at radius 3 is 2.33 bits per heavy atom. The van der Waals surface area contributed by atoms with Gasteiger partial charge >= 0.3 is 0 Å². The maximum atomic E-state index is 12.0. The van der Waals surface area contributed by atoms with Gasteiger partial charge in [0.2, 0.25) is 0 Å². The average Bonchev–Trinajstić information content (AvgIpc) is 2.21. The molecule has 4 nitrogen and oxygen atoms in total. The molecule has 1 spiro atoms. The third-order valence-corrected chi connectivity index (χ3v) is 5.27. The van der Waals surface area contributed by atoms with Crippen LogP contribution in [0, 0.1) is 12.3 Å². The molecule has 98 valence electrons. The lowest BCUT2D eigenvalue weighted by Crippen LogP contribution is -2.62. The van der Waals surface area contributed by atoms with E-state index in [2.05, 4.69) is 5.32 Å². The zero-order chi connectivity index (χ0) is 12.8. The van der Waals surface area contributed by atoms with Gasteiger partial charge in [-0.1, -0.05) is 17.7 Å². The lowest BCUT2D eigenvalue weighted by Gasteiger charge is -2.53. The van der Waals surface area contributed by atoms with Crippen molar-refractivity contribution in [3.8, 4) is 0 Å². The molecule has 1 aromatic carbocycles. The quantitative estimate of drug-likeness (QED) is 0.842. The van der Waals surface area contributed by atoms with Crippen LogP contribution in [0.5, 0.6) is 0 Å². The van der Waals surface area contributed by atoms with Crippen molar-refractivity contribution in [2.75, 3.05) is 13.1 Å². The molecule has 1 N–H and O–H groups in total. The minimum atomic E-state index is -3.59. The van der Waals surface area contributed by atoms with E-state index in [0.717, 1.165) is 31.5 Å². The fourth-order valence-electron chi connectivity index (χ4n) is 2.68. The minimum Gasteiger partial charge on any atom is -0.316 e. The van der Waals surface area contributed by atoms with Crippen LogP contribution in [0.3, 0.4) is 0 Å². The van der Waals surface area contributed by atoms with Crippen LogP contribution in [-0.4, -0.2) is 27.6 Å². The Balaban J connectivity index is 1.66. The zero-order valence-corrected chi connectivity index (χ0v) is 11.2. The molecule has 0 unspecified atom stereocenters. The van der Waals surface area contributed by atoms with Crippen LogP contribution in [-0.2, 0) is 14.3 Å². The van der Waals surface area contributed by atoms with E-state index in [1.54, 1.807) is 24.3 Å². The highest BCUT2D eigenvalue weighted by Gasteiger charge is 2.50. The van der Waals surface area contributed by atoms with E-state index >= 15 is 0 Å². The topological polar surface area (TPSA) is 55.4 Å². The van der Waals surface area contributed by atoms with Crippen LogP contribution >= 0.6 is 0 Å². The minimum absolute atomic E-state index is 0.140. The molecule has 1 heterocycles. The smallest absolute Gasteiger partial charge is 0.297 e. The van der Waals surface area contributed by atoms with Gasteiger partial charge in [-0.2, -0.15) is 8.42 Å². The SMILES string of the molecule is Cc1ccc(S(=O)(=O)OC2CC3(CNC3)C2)cc1. The Morgan fingerprint density at radius 2 is 1.83 bits per heavy atom. The summed E-state index contributed by atoms with van der Waals surface area (Å²) in [5.41, 5.74) is 1.37. The van der Waals surface area contributed by atoms with E-state index in [0.29, 0.717) is 5.41 Å². The summed E-state index contributed by atoms with van der Waals surface area (Å²) in [7, 11) is -3.59. The first-order valence-electron chi connectivity index (χ1n) is 6.20. The van der Waals surface area contributed by atoms with Crippen LogP contribution in [0.4, 0.5) is 0 Å². The number of nitrogens with one attached hydrogen (secondary N) is 1. The van der Waals surface area contributed by atoms with E-state index in [1.165, 1.54) is 0 Å². The summed E-state index contributed by atoms with van der Waals surface area (Å²) >= 11 is 0. The fraction of sp³-hybridized carbons (Fsp3) is 0.538. The normalized spacial score (nSPS) is 22.5. The number of rotatable bonds is 3. The molecule has 5 heteroatoms. The van der Waals surface area contributed by atoms with Gasteiger partial charge in [0.15, 0.2) is 0 Å². The van der Waals surface area contributed by atoms with Crippen molar-refractivity contribution in [1.29, 1.82) is 0 Å². The second-order valence-corrected chi connectivity index (χ2v) is 7.07. The molecular formula is C13H17NO3S. The largest absolute Gasteiger partial charge is 0.316 e. The van der Waals surface area contributed by atoms with E-state index in [4.69, 9.17) is 4.18 Å². The second-order valence-electron chi connectivity index (χ2n) is 5.50. The van der Waals surface area contributed by atoms with Crippen LogP contribution in [0.15, 0.2) is 29.2 Å². The first-order chi connectivity index (χ1) is 8.49. The summed E-state index contributed by atoms with van der Waals surface area (Å²) < 4.78 is 29.3. The van der Waals surface area contributed by atoms with Gasteiger partial charge in [0.1, 0.15) is 0 Å². The van der Waals surface area contributed by atoms with Crippen molar-refractivity contribution in [2.45, 2.75) is 30.8 Å². The fourth-order valence-corrected chi connectivity index (χ4v) is 3.76. The molecule has 0 aromatic heterocycles. The molecule has 18 heavy (non-hydrogen) atoms.